The van der Waals surface area contributed by atoms with Crippen molar-refractivity contribution in [1.82, 2.24) is 4.90 Å². The number of carboxylic acid groups (broad SMARTS) is 1. The highest BCUT2D eigenvalue weighted by Gasteiger charge is 2.68. The van der Waals surface area contributed by atoms with Crippen LogP contribution in [-0.2, 0) is 21.4 Å². The van der Waals surface area contributed by atoms with E-state index in [-0.39, 0.29) is 22.3 Å². The fourth-order valence-electron chi connectivity index (χ4n) is 7.25. The summed E-state index contributed by atoms with van der Waals surface area (Å²) in [6, 6.07) is 6.51. The molecule has 6 rings (SSSR count). The predicted molar refractivity (Wildman–Crippen MR) is 135 cm³/mol. The molecule has 4 aliphatic carbocycles. The first-order chi connectivity index (χ1) is 15.9. The SMILES string of the molecule is CC1CC[C@]2(c3ccc(CCC(C)(C)C)c(Cl)c3)CC(=O)N(C34CCC(C(=O)O)(C3)C4)C=C2C1. The van der Waals surface area contributed by atoms with Crippen LogP contribution in [0.4, 0.5) is 0 Å². The molecule has 1 N–H and O–H groups in total. The fourth-order valence-corrected chi connectivity index (χ4v) is 7.52. The smallest absolute Gasteiger partial charge is 0.309 e. The number of rotatable bonds is 5. The number of carbonyl (C=O) groups excluding carboxylic acids is 1. The van der Waals surface area contributed by atoms with E-state index in [0.29, 0.717) is 31.6 Å². The zero-order valence-corrected chi connectivity index (χ0v) is 21.8. The van der Waals surface area contributed by atoms with Gasteiger partial charge in [0.1, 0.15) is 0 Å². The monoisotopic (exact) mass is 483 g/mol. The molecule has 1 unspecified atom stereocenters. The van der Waals surface area contributed by atoms with E-state index < -0.39 is 11.4 Å². The number of aryl methyl sites for hydroxylation is 1. The Bertz CT molecular complexity index is 1060. The Hall–Kier alpha value is -1.81. The number of fused-ring (bicyclic) bond motifs is 2. The number of carboxylic acids is 1. The number of aliphatic carboxylic acids is 1. The maximum absolute atomic E-state index is 13.7. The van der Waals surface area contributed by atoms with Gasteiger partial charge in [0, 0.05) is 28.6 Å². The van der Waals surface area contributed by atoms with Crippen LogP contribution in [0.3, 0.4) is 0 Å². The van der Waals surface area contributed by atoms with Crippen LogP contribution in [0.2, 0.25) is 5.02 Å². The molecule has 5 heteroatoms. The van der Waals surface area contributed by atoms with Gasteiger partial charge in [0.2, 0.25) is 5.91 Å². The first kappa shape index (κ1) is 23.9. The van der Waals surface area contributed by atoms with Crippen LogP contribution < -0.4 is 0 Å². The van der Waals surface area contributed by atoms with E-state index >= 15 is 0 Å². The first-order valence-electron chi connectivity index (χ1n) is 12.9. The maximum Gasteiger partial charge on any atom is 0.309 e. The maximum atomic E-state index is 13.7. The van der Waals surface area contributed by atoms with E-state index in [1.54, 1.807) is 0 Å². The van der Waals surface area contributed by atoms with Crippen molar-refractivity contribution in [3.05, 3.63) is 46.1 Å². The van der Waals surface area contributed by atoms with Crippen molar-refractivity contribution in [3.8, 4) is 0 Å². The van der Waals surface area contributed by atoms with Gasteiger partial charge in [0.15, 0.2) is 0 Å². The van der Waals surface area contributed by atoms with Crippen molar-refractivity contribution in [3.63, 3.8) is 0 Å². The van der Waals surface area contributed by atoms with Crippen LogP contribution in [0.5, 0.6) is 0 Å². The summed E-state index contributed by atoms with van der Waals surface area (Å²) in [5.41, 5.74) is 2.76. The van der Waals surface area contributed by atoms with Gasteiger partial charge in [-0.1, -0.05) is 51.4 Å². The van der Waals surface area contributed by atoms with Gasteiger partial charge in [-0.15, -0.1) is 0 Å². The first-order valence-corrected chi connectivity index (χ1v) is 13.3. The van der Waals surface area contributed by atoms with Gasteiger partial charge in [-0.05, 0) is 91.9 Å². The van der Waals surface area contributed by atoms with Crippen LogP contribution in [0, 0.1) is 16.7 Å². The number of halogens is 1. The number of allylic oxidation sites excluding steroid dienone is 1. The number of carbonyl (C=O) groups is 2. The molecule has 2 bridgehead atoms. The highest BCUT2D eigenvalue weighted by molar-refractivity contribution is 6.31. The lowest BCUT2D eigenvalue weighted by atomic mass is 9.59. The van der Waals surface area contributed by atoms with E-state index in [9.17, 15) is 14.7 Å². The van der Waals surface area contributed by atoms with Crippen molar-refractivity contribution < 1.29 is 14.7 Å². The van der Waals surface area contributed by atoms with Crippen LogP contribution in [0.1, 0.15) is 96.6 Å². The van der Waals surface area contributed by atoms with Gasteiger partial charge in [-0.2, -0.15) is 0 Å². The van der Waals surface area contributed by atoms with Gasteiger partial charge in [-0.25, -0.2) is 0 Å². The third kappa shape index (κ3) is 3.72. The van der Waals surface area contributed by atoms with Crippen molar-refractivity contribution in [2.24, 2.45) is 16.7 Å². The van der Waals surface area contributed by atoms with E-state index in [2.05, 4.69) is 52.1 Å². The number of benzene rings is 1. The highest BCUT2D eigenvalue weighted by atomic mass is 35.5. The van der Waals surface area contributed by atoms with Crippen LogP contribution in [0.15, 0.2) is 30.0 Å². The van der Waals surface area contributed by atoms with Gasteiger partial charge in [0.25, 0.3) is 0 Å². The number of hydrogen-bond acceptors (Lipinski definition) is 2. The lowest BCUT2D eigenvalue weighted by Gasteiger charge is -2.54. The largest absolute Gasteiger partial charge is 0.481 e. The Labute approximate surface area is 208 Å². The van der Waals surface area contributed by atoms with Crippen molar-refractivity contribution in [2.75, 3.05) is 0 Å². The second-order valence-electron chi connectivity index (χ2n) is 13.1. The molecule has 0 radical (unpaired) electrons. The summed E-state index contributed by atoms with van der Waals surface area (Å²) < 4.78 is 0. The summed E-state index contributed by atoms with van der Waals surface area (Å²) in [5, 5.41) is 10.5. The topological polar surface area (TPSA) is 57.6 Å². The molecule has 2 atom stereocenters. The number of nitrogens with zero attached hydrogens (tertiary/aromatic N) is 1. The molecule has 1 aromatic carbocycles. The minimum Gasteiger partial charge on any atom is -0.481 e. The summed E-state index contributed by atoms with van der Waals surface area (Å²) in [4.78, 5) is 27.4. The second-order valence-corrected chi connectivity index (χ2v) is 13.5. The Morgan fingerprint density at radius 3 is 2.56 bits per heavy atom. The zero-order valence-electron chi connectivity index (χ0n) is 21.0. The minimum absolute atomic E-state index is 0.145. The van der Waals surface area contributed by atoms with Gasteiger partial charge < -0.3 is 10.0 Å². The Morgan fingerprint density at radius 1 is 1.21 bits per heavy atom. The molecule has 1 aromatic rings. The van der Waals surface area contributed by atoms with E-state index in [0.717, 1.165) is 43.5 Å². The van der Waals surface area contributed by atoms with Crippen LogP contribution >= 0.6 is 11.6 Å². The van der Waals surface area contributed by atoms with Crippen molar-refractivity contribution in [1.29, 1.82) is 0 Å². The number of hydrogen-bond donors (Lipinski definition) is 1. The van der Waals surface area contributed by atoms with E-state index in [1.807, 2.05) is 4.90 Å². The van der Waals surface area contributed by atoms with Gasteiger partial charge in [-0.3, -0.25) is 9.59 Å². The molecule has 1 amide bonds. The predicted octanol–water partition coefficient (Wildman–Crippen LogP) is 6.89. The summed E-state index contributed by atoms with van der Waals surface area (Å²) in [6.07, 6.45) is 10.4. The standard InChI is InChI=1S/C29H38ClNO3/c1-19-7-10-29(21-6-5-20(23(30)14-21)8-9-26(2,3)4)15-24(32)31(16-22(29)13-19)28-12-11-27(17-28,18-28)25(33)34/h5-6,14,16,19H,7-13,15,17-18H2,1-4H3,(H,33,34)/t19?,27?,28?,29-/m1/s1. The fraction of sp³-hybridized carbons (Fsp3) is 0.655. The molecule has 1 heterocycles. The quantitative estimate of drug-likeness (QED) is 0.496. The van der Waals surface area contributed by atoms with E-state index in [4.69, 9.17) is 11.6 Å². The average Bonchev–Trinajstić information content (AvgIpc) is 3.30. The van der Waals surface area contributed by atoms with Gasteiger partial charge >= 0.3 is 5.97 Å². The highest BCUT2D eigenvalue weighted by Crippen LogP contribution is 2.65. The molecule has 4 nitrogen and oxygen atoms in total. The zero-order chi connectivity index (χ0) is 24.5. The minimum atomic E-state index is -0.695. The Morgan fingerprint density at radius 2 is 1.94 bits per heavy atom. The molecule has 5 aliphatic rings. The second kappa shape index (κ2) is 7.85. The number of amides is 1. The molecule has 1 aliphatic heterocycles. The summed E-state index contributed by atoms with van der Waals surface area (Å²) in [7, 11) is 0. The van der Waals surface area contributed by atoms with Crippen LogP contribution in [-0.4, -0.2) is 27.4 Å². The lowest BCUT2D eigenvalue weighted by molar-refractivity contribution is -0.161. The molecular weight excluding hydrogens is 446 g/mol. The van der Waals surface area contributed by atoms with Crippen LogP contribution in [0.25, 0.3) is 0 Å². The lowest BCUT2D eigenvalue weighted by Crippen LogP contribution is -2.60. The molecule has 4 fully saturated rings. The molecule has 4 saturated carbocycles. The molecule has 0 saturated heterocycles. The third-order valence-electron chi connectivity index (χ3n) is 9.37. The summed E-state index contributed by atoms with van der Waals surface area (Å²) in [5.74, 6) is 0.0308. The van der Waals surface area contributed by atoms with Crippen molar-refractivity contribution >= 4 is 23.5 Å². The molecule has 34 heavy (non-hydrogen) atoms. The third-order valence-corrected chi connectivity index (χ3v) is 9.72. The Balaban J connectivity index is 1.47. The van der Waals surface area contributed by atoms with E-state index in [1.165, 1.54) is 16.7 Å². The summed E-state index contributed by atoms with van der Waals surface area (Å²) >= 11 is 6.81. The molecule has 0 spiro atoms. The average molecular weight is 484 g/mol. The van der Waals surface area contributed by atoms with Gasteiger partial charge in [0.05, 0.1) is 5.41 Å². The molecule has 184 valence electrons. The van der Waals surface area contributed by atoms with Crippen molar-refractivity contribution in [2.45, 2.75) is 103 Å². The summed E-state index contributed by atoms with van der Waals surface area (Å²) in [6.45, 7) is 9.04. The normalized spacial score (nSPS) is 35.0. The molecule has 0 aromatic heterocycles. The molecular formula is C29H38ClNO3. The Kier molecular flexibility index (Phi) is 5.52.